The van der Waals surface area contributed by atoms with E-state index in [0.717, 1.165) is 32.0 Å². The van der Waals surface area contributed by atoms with Crippen LogP contribution in [0.5, 0.6) is 0 Å². The zero-order valence-electron chi connectivity index (χ0n) is 14.6. The van der Waals surface area contributed by atoms with Gasteiger partial charge in [-0.25, -0.2) is 0 Å². The van der Waals surface area contributed by atoms with Gasteiger partial charge in [0.05, 0.1) is 7.11 Å². The highest BCUT2D eigenvalue weighted by atomic mass is 16.5. The van der Waals surface area contributed by atoms with Crippen molar-refractivity contribution in [3.8, 4) is 0 Å². The van der Waals surface area contributed by atoms with E-state index in [1.807, 2.05) is 6.92 Å². The minimum absolute atomic E-state index is 0.144. The van der Waals surface area contributed by atoms with E-state index in [1.54, 1.807) is 0 Å². The van der Waals surface area contributed by atoms with Gasteiger partial charge in [-0.2, -0.15) is 0 Å². The van der Waals surface area contributed by atoms with E-state index in [4.69, 9.17) is 4.74 Å². The normalized spacial score (nSPS) is 19.3. The summed E-state index contributed by atoms with van der Waals surface area (Å²) >= 11 is 0. The number of hydrogen-bond donors (Lipinski definition) is 1. The summed E-state index contributed by atoms with van der Waals surface area (Å²) in [7, 11) is 1.48. The first-order valence-corrected chi connectivity index (χ1v) is 8.57. The number of nitrogens with zero attached hydrogens (tertiary/aromatic N) is 1. The molecular formula is C17H34N2O2. The molecule has 2 unspecified atom stereocenters. The number of unbranched alkanes of at least 4 members (excludes halogenated alkanes) is 1. The third kappa shape index (κ3) is 5.59. The van der Waals surface area contributed by atoms with Crippen LogP contribution in [-0.2, 0) is 9.53 Å². The standard InChI is InChI=1S/C17H34N2O2/c1-6-8-12-19(15-9-10-15)14(3)13-17(4,16(20)21-5)18-11-7-2/h14-15,18H,6-13H2,1-5H3. The van der Waals surface area contributed by atoms with Crippen molar-refractivity contribution in [1.29, 1.82) is 0 Å². The van der Waals surface area contributed by atoms with E-state index in [0.29, 0.717) is 6.04 Å². The van der Waals surface area contributed by atoms with Gasteiger partial charge in [0.15, 0.2) is 0 Å². The Morgan fingerprint density at radius 1 is 1.38 bits per heavy atom. The van der Waals surface area contributed by atoms with Crippen molar-refractivity contribution in [3.63, 3.8) is 0 Å². The number of methoxy groups -OCH3 is 1. The number of ether oxygens (including phenoxy) is 1. The Balaban J connectivity index is 2.68. The van der Waals surface area contributed by atoms with Crippen LogP contribution in [0.1, 0.15) is 66.2 Å². The molecule has 1 fully saturated rings. The molecule has 4 heteroatoms. The lowest BCUT2D eigenvalue weighted by Gasteiger charge is -2.36. The maximum atomic E-state index is 12.2. The second kappa shape index (κ2) is 8.74. The molecule has 0 aromatic rings. The SMILES string of the molecule is CCCCN(C(C)CC(C)(NCCC)C(=O)OC)C1CC1. The van der Waals surface area contributed by atoms with Crippen molar-refractivity contribution in [3.05, 3.63) is 0 Å². The Morgan fingerprint density at radius 3 is 2.52 bits per heavy atom. The smallest absolute Gasteiger partial charge is 0.325 e. The number of rotatable bonds is 11. The summed E-state index contributed by atoms with van der Waals surface area (Å²) in [5, 5.41) is 3.40. The fourth-order valence-corrected chi connectivity index (χ4v) is 3.07. The molecule has 0 saturated heterocycles. The molecule has 1 aliphatic carbocycles. The van der Waals surface area contributed by atoms with Crippen molar-refractivity contribution in [2.45, 2.75) is 83.8 Å². The maximum absolute atomic E-state index is 12.2. The third-order valence-corrected chi connectivity index (χ3v) is 4.46. The summed E-state index contributed by atoms with van der Waals surface area (Å²) in [6.45, 7) is 10.6. The average molecular weight is 298 g/mol. The van der Waals surface area contributed by atoms with Crippen LogP contribution >= 0.6 is 0 Å². The molecule has 2 atom stereocenters. The lowest BCUT2D eigenvalue weighted by molar-refractivity contribution is -0.148. The molecule has 0 bridgehead atoms. The van der Waals surface area contributed by atoms with Crippen LogP contribution in [0.2, 0.25) is 0 Å². The molecule has 4 nitrogen and oxygen atoms in total. The van der Waals surface area contributed by atoms with Crippen LogP contribution in [0.15, 0.2) is 0 Å². The summed E-state index contributed by atoms with van der Waals surface area (Å²) in [4.78, 5) is 14.8. The van der Waals surface area contributed by atoms with Crippen molar-refractivity contribution in [1.82, 2.24) is 10.2 Å². The highest BCUT2D eigenvalue weighted by molar-refractivity contribution is 5.80. The van der Waals surface area contributed by atoms with Crippen LogP contribution in [0.3, 0.4) is 0 Å². The van der Waals surface area contributed by atoms with E-state index >= 15 is 0 Å². The van der Waals surface area contributed by atoms with Gasteiger partial charge >= 0.3 is 5.97 Å². The topological polar surface area (TPSA) is 41.6 Å². The molecule has 1 saturated carbocycles. The van der Waals surface area contributed by atoms with Crippen molar-refractivity contribution < 1.29 is 9.53 Å². The first-order valence-electron chi connectivity index (χ1n) is 8.57. The lowest BCUT2D eigenvalue weighted by Crippen LogP contribution is -2.54. The Kier molecular flexibility index (Phi) is 7.67. The van der Waals surface area contributed by atoms with Gasteiger partial charge in [-0.1, -0.05) is 20.3 Å². The van der Waals surface area contributed by atoms with Crippen LogP contribution in [0.4, 0.5) is 0 Å². The molecular weight excluding hydrogens is 264 g/mol. The van der Waals surface area contributed by atoms with Crippen LogP contribution < -0.4 is 5.32 Å². The van der Waals surface area contributed by atoms with Gasteiger partial charge < -0.3 is 10.1 Å². The molecule has 0 aromatic carbocycles. The predicted octanol–water partition coefficient (Wildman–Crippen LogP) is 2.96. The Labute approximate surface area is 130 Å². The number of esters is 1. The Hall–Kier alpha value is -0.610. The van der Waals surface area contributed by atoms with Gasteiger partial charge in [-0.05, 0) is 59.0 Å². The average Bonchev–Trinajstić information content (AvgIpc) is 3.29. The molecule has 21 heavy (non-hydrogen) atoms. The van der Waals surface area contributed by atoms with E-state index in [2.05, 4.69) is 31.0 Å². The number of nitrogens with one attached hydrogen (secondary N) is 1. The van der Waals surface area contributed by atoms with Gasteiger partial charge in [-0.3, -0.25) is 9.69 Å². The minimum atomic E-state index is -0.580. The first kappa shape index (κ1) is 18.4. The second-order valence-electron chi connectivity index (χ2n) is 6.63. The molecule has 1 aliphatic rings. The maximum Gasteiger partial charge on any atom is 0.325 e. The van der Waals surface area contributed by atoms with Gasteiger partial charge in [0.25, 0.3) is 0 Å². The van der Waals surface area contributed by atoms with Crippen LogP contribution in [0.25, 0.3) is 0 Å². The first-order chi connectivity index (χ1) is 9.98. The summed E-state index contributed by atoms with van der Waals surface area (Å²) in [5.41, 5.74) is -0.580. The summed E-state index contributed by atoms with van der Waals surface area (Å²) in [6.07, 6.45) is 6.90. The number of carbonyl (C=O) groups is 1. The van der Waals surface area contributed by atoms with Crippen molar-refractivity contribution in [2.24, 2.45) is 0 Å². The van der Waals surface area contributed by atoms with Crippen molar-refractivity contribution in [2.75, 3.05) is 20.2 Å². The molecule has 124 valence electrons. The highest BCUT2D eigenvalue weighted by Crippen LogP contribution is 2.31. The zero-order valence-corrected chi connectivity index (χ0v) is 14.6. The summed E-state index contributed by atoms with van der Waals surface area (Å²) < 4.78 is 5.03. The fourth-order valence-electron chi connectivity index (χ4n) is 3.07. The molecule has 0 heterocycles. The molecule has 0 spiro atoms. The zero-order chi connectivity index (χ0) is 15.9. The van der Waals surface area contributed by atoms with Crippen LogP contribution in [-0.4, -0.2) is 48.7 Å². The molecule has 1 N–H and O–H groups in total. The predicted molar refractivity (Wildman–Crippen MR) is 87.4 cm³/mol. The number of hydrogen-bond acceptors (Lipinski definition) is 4. The number of carbonyl (C=O) groups excluding carboxylic acids is 1. The largest absolute Gasteiger partial charge is 0.468 e. The highest BCUT2D eigenvalue weighted by Gasteiger charge is 2.39. The van der Waals surface area contributed by atoms with Gasteiger partial charge in [0, 0.05) is 12.1 Å². The van der Waals surface area contributed by atoms with Gasteiger partial charge in [0.1, 0.15) is 5.54 Å². The van der Waals surface area contributed by atoms with E-state index < -0.39 is 5.54 Å². The summed E-state index contributed by atoms with van der Waals surface area (Å²) in [6, 6.07) is 1.14. The van der Waals surface area contributed by atoms with Crippen molar-refractivity contribution >= 4 is 5.97 Å². The molecule has 0 aliphatic heterocycles. The lowest BCUT2D eigenvalue weighted by atomic mass is 9.92. The monoisotopic (exact) mass is 298 g/mol. The molecule has 0 radical (unpaired) electrons. The molecule has 0 amide bonds. The Bertz CT molecular complexity index is 318. The van der Waals surface area contributed by atoms with Gasteiger partial charge in [-0.15, -0.1) is 0 Å². The van der Waals surface area contributed by atoms with E-state index in [1.165, 1.54) is 32.8 Å². The Morgan fingerprint density at radius 2 is 2.05 bits per heavy atom. The second-order valence-corrected chi connectivity index (χ2v) is 6.63. The fraction of sp³-hybridized carbons (Fsp3) is 0.941. The van der Waals surface area contributed by atoms with E-state index in [-0.39, 0.29) is 5.97 Å². The van der Waals surface area contributed by atoms with E-state index in [9.17, 15) is 4.79 Å². The van der Waals surface area contributed by atoms with Gasteiger partial charge in [0.2, 0.25) is 0 Å². The quantitative estimate of drug-likeness (QED) is 0.596. The molecule has 1 rings (SSSR count). The van der Waals surface area contributed by atoms with Crippen LogP contribution in [0, 0.1) is 0 Å². The minimum Gasteiger partial charge on any atom is -0.468 e. The summed E-state index contributed by atoms with van der Waals surface area (Å²) in [5.74, 6) is -0.144. The molecule has 0 aromatic heterocycles. The third-order valence-electron chi connectivity index (χ3n) is 4.46.